The van der Waals surface area contributed by atoms with E-state index < -0.39 is 5.91 Å². The van der Waals surface area contributed by atoms with Crippen LogP contribution in [0.2, 0.25) is 0 Å². The van der Waals surface area contributed by atoms with E-state index in [1.165, 1.54) is 4.68 Å². The highest BCUT2D eigenvalue weighted by atomic mass is 79.9. The molecule has 7 heteroatoms. The van der Waals surface area contributed by atoms with Crippen LogP contribution >= 0.6 is 15.9 Å². The summed E-state index contributed by atoms with van der Waals surface area (Å²) in [6.07, 6.45) is 1.64. The van der Waals surface area contributed by atoms with Crippen LogP contribution in [0.15, 0.2) is 28.9 Å². The molecule has 1 amide bonds. The van der Waals surface area contributed by atoms with E-state index in [1.54, 1.807) is 25.3 Å². The van der Waals surface area contributed by atoms with E-state index in [9.17, 15) is 4.79 Å². The predicted octanol–water partition coefficient (Wildman–Crippen LogP) is 0.942. The van der Waals surface area contributed by atoms with Gasteiger partial charge in [0.25, 0.3) is 5.91 Å². The van der Waals surface area contributed by atoms with Gasteiger partial charge in [0.05, 0.1) is 5.69 Å². The van der Waals surface area contributed by atoms with Crippen molar-refractivity contribution in [2.45, 2.75) is 6.92 Å². The van der Waals surface area contributed by atoms with E-state index in [0.717, 1.165) is 4.47 Å². The normalized spacial score (nSPS) is 10.3. The fourth-order valence-corrected chi connectivity index (χ4v) is 1.64. The molecule has 0 saturated heterocycles. The molecule has 0 aliphatic carbocycles. The number of hydrazine groups is 1. The van der Waals surface area contributed by atoms with Gasteiger partial charge in [-0.05, 0) is 41.1 Å². The van der Waals surface area contributed by atoms with Crippen molar-refractivity contribution in [1.82, 2.24) is 20.2 Å². The number of halogens is 1. The van der Waals surface area contributed by atoms with Crippen LogP contribution in [0.3, 0.4) is 0 Å². The van der Waals surface area contributed by atoms with E-state index >= 15 is 0 Å². The molecule has 17 heavy (non-hydrogen) atoms. The zero-order valence-corrected chi connectivity index (χ0v) is 10.6. The summed E-state index contributed by atoms with van der Waals surface area (Å²) in [7, 11) is 0. The summed E-state index contributed by atoms with van der Waals surface area (Å²) in [4.78, 5) is 15.7. The van der Waals surface area contributed by atoms with Crippen molar-refractivity contribution in [1.29, 1.82) is 0 Å². The maximum Gasteiger partial charge on any atom is 0.283 e. The van der Waals surface area contributed by atoms with E-state index in [1.807, 2.05) is 6.07 Å². The molecule has 6 nitrogen and oxygen atoms in total. The second-order valence-electron chi connectivity index (χ2n) is 3.39. The Morgan fingerprint density at radius 2 is 2.29 bits per heavy atom. The van der Waals surface area contributed by atoms with Crippen molar-refractivity contribution in [3.05, 3.63) is 40.3 Å². The average Bonchev–Trinajstić information content (AvgIpc) is 2.71. The average molecular weight is 296 g/mol. The minimum absolute atomic E-state index is 0.347. The molecule has 0 bridgehead atoms. The van der Waals surface area contributed by atoms with Crippen molar-refractivity contribution in [3.8, 4) is 5.82 Å². The summed E-state index contributed by atoms with van der Waals surface area (Å²) in [5.74, 6) is 5.26. The lowest BCUT2D eigenvalue weighted by molar-refractivity contribution is 0.0945. The van der Waals surface area contributed by atoms with Crippen LogP contribution in [0.4, 0.5) is 0 Å². The Balaban J connectivity index is 2.51. The molecule has 0 aliphatic rings. The highest BCUT2D eigenvalue weighted by molar-refractivity contribution is 9.10. The second kappa shape index (κ2) is 4.64. The van der Waals surface area contributed by atoms with Crippen molar-refractivity contribution in [2.24, 2.45) is 5.84 Å². The van der Waals surface area contributed by atoms with Gasteiger partial charge in [0.15, 0.2) is 5.82 Å². The van der Waals surface area contributed by atoms with Gasteiger partial charge in [0.1, 0.15) is 5.69 Å². The third-order valence-corrected chi connectivity index (χ3v) is 2.59. The number of carbonyl (C=O) groups excluding carboxylic acids is 1. The molecule has 0 radical (unpaired) electrons. The topological polar surface area (TPSA) is 85.8 Å². The molecule has 0 unspecified atom stereocenters. The lowest BCUT2D eigenvalue weighted by atomic mass is 10.3. The Morgan fingerprint density at radius 3 is 2.88 bits per heavy atom. The van der Waals surface area contributed by atoms with Gasteiger partial charge in [-0.25, -0.2) is 15.5 Å². The monoisotopic (exact) mass is 295 g/mol. The van der Waals surface area contributed by atoms with E-state index in [4.69, 9.17) is 5.84 Å². The number of aromatic nitrogens is 3. The Hall–Kier alpha value is -1.73. The molecule has 88 valence electrons. The van der Waals surface area contributed by atoms with Crippen LogP contribution in [0.25, 0.3) is 5.82 Å². The SMILES string of the molecule is Cc1cc(C(=O)NN)n(-c2ccc(Br)cn2)n1. The molecule has 3 N–H and O–H groups in total. The van der Waals surface area contributed by atoms with Crippen molar-refractivity contribution < 1.29 is 4.79 Å². The fraction of sp³-hybridized carbons (Fsp3) is 0.100. The minimum Gasteiger partial charge on any atom is -0.289 e. The van der Waals surface area contributed by atoms with Crippen LogP contribution in [0.5, 0.6) is 0 Å². The van der Waals surface area contributed by atoms with Gasteiger partial charge in [-0.1, -0.05) is 0 Å². The lowest BCUT2D eigenvalue weighted by Gasteiger charge is -2.04. The Bertz CT molecular complexity index is 548. The number of nitrogens with one attached hydrogen (secondary N) is 1. The number of amides is 1. The Labute approximate surface area is 106 Å². The summed E-state index contributed by atoms with van der Waals surface area (Å²) in [5, 5.41) is 4.20. The first-order valence-electron chi connectivity index (χ1n) is 4.81. The smallest absolute Gasteiger partial charge is 0.283 e. The van der Waals surface area contributed by atoms with Gasteiger partial charge in [-0.2, -0.15) is 5.10 Å². The molecule has 0 saturated carbocycles. The number of carbonyl (C=O) groups is 1. The first-order chi connectivity index (χ1) is 8.11. The van der Waals surface area contributed by atoms with E-state index in [-0.39, 0.29) is 0 Å². The predicted molar refractivity (Wildman–Crippen MR) is 65.4 cm³/mol. The number of nitrogen functional groups attached to an aromatic ring is 1. The van der Waals surface area contributed by atoms with Gasteiger partial charge in [-0.15, -0.1) is 0 Å². The number of pyridine rings is 1. The maximum absolute atomic E-state index is 11.6. The third-order valence-electron chi connectivity index (χ3n) is 2.12. The van der Waals surface area contributed by atoms with Gasteiger partial charge in [-0.3, -0.25) is 10.2 Å². The quantitative estimate of drug-likeness (QED) is 0.490. The second-order valence-corrected chi connectivity index (χ2v) is 4.31. The molecule has 0 fully saturated rings. The highest BCUT2D eigenvalue weighted by Crippen LogP contribution is 2.13. The summed E-state index contributed by atoms with van der Waals surface area (Å²) in [6.45, 7) is 1.79. The molecule has 2 rings (SSSR count). The third kappa shape index (κ3) is 2.34. The molecule has 2 aromatic heterocycles. The standard InChI is InChI=1S/C10H10BrN5O/c1-6-4-8(10(17)14-12)16(15-6)9-3-2-7(11)5-13-9/h2-5H,12H2,1H3,(H,14,17). The van der Waals surface area contributed by atoms with Crippen LogP contribution in [0, 0.1) is 6.92 Å². The number of nitrogens with two attached hydrogens (primary N) is 1. The fourth-order valence-electron chi connectivity index (χ4n) is 1.40. The van der Waals surface area contributed by atoms with Gasteiger partial charge in [0, 0.05) is 10.7 Å². The summed E-state index contributed by atoms with van der Waals surface area (Å²) < 4.78 is 2.30. The van der Waals surface area contributed by atoms with Crippen LogP contribution < -0.4 is 11.3 Å². The largest absolute Gasteiger partial charge is 0.289 e. The molecule has 0 spiro atoms. The first-order valence-corrected chi connectivity index (χ1v) is 5.60. The van der Waals surface area contributed by atoms with Crippen molar-refractivity contribution in [2.75, 3.05) is 0 Å². The Kier molecular flexibility index (Phi) is 3.21. The van der Waals surface area contributed by atoms with Gasteiger partial charge in [0.2, 0.25) is 0 Å². The summed E-state index contributed by atoms with van der Waals surface area (Å²) in [6, 6.07) is 5.22. The number of hydrogen-bond donors (Lipinski definition) is 2. The zero-order chi connectivity index (χ0) is 12.4. The van der Waals surface area contributed by atoms with E-state index in [0.29, 0.717) is 17.2 Å². The summed E-state index contributed by atoms with van der Waals surface area (Å²) in [5.41, 5.74) is 3.14. The number of aryl methyl sites for hydroxylation is 1. The Morgan fingerprint density at radius 1 is 1.53 bits per heavy atom. The molecule has 0 atom stereocenters. The lowest BCUT2D eigenvalue weighted by Crippen LogP contribution is -2.31. The molecule has 2 heterocycles. The first kappa shape index (κ1) is 11.7. The molecule has 0 aliphatic heterocycles. The highest BCUT2D eigenvalue weighted by Gasteiger charge is 2.14. The van der Waals surface area contributed by atoms with Crippen LogP contribution in [-0.4, -0.2) is 20.7 Å². The number of rotatable bonds is 2. The van der Waals surface area contributed by atoms with Crippen molar-refractivity contribution >= 4 is 21.8 Å². The van der Waals surface area contributed by atoms with Crippen molar-refractivity contribution in [3.63, 3.8) is 0 Å². The maximum atomic E-state index is 11.6. The van der Waals surface area contributed by atoms with E-state index in [2.05, 4.69) is 31.4 Å². The minimum atomic E-state index is -0.407. The molecule has 0 aromatic carbocycles. The molecule has 2 aromatic rings. The van der Waals surface area contributed by atoms with Crippen LogP contribution in [-0.2, 0) is 0 Å². The number of hydrogen-bond acceptors (Lipinski definition) is 4. The van der Waals surface area contributed by atoms with Gasteiger partial charge >= 0.3 is 0 Å². The molecular formula is C10H10BrN5O. The van der Waals surface area contributed by atoms with Gasteiger partial charge < -0.3 is 0 Å². The molecular weight excluding hydrogens is 286 g/mol. The number of nitrogens with zero attached hydrogens (tertiary/aromatic N) is 3. The zero-order valence-electron chi connectivity index (χ0n) is 9.01. The summed E-state index contributed by atoms with van der Waals surface area (Å²) >= 11 is 3.29. The van der Waals surface area contributed by atoms with Crippen LogP contribution in [0.1, 0.15) is 16.2 Å².